The Balaban J connectivity index is 2.00. The monoisotopic (exact) mass is 382 g/mol. The fourth-order valence-corrected chi connectivity index (χ4v) is 3.48. The Hall–Kier alpha value is -2.42. The molecule has 2 rings (SSSR count). The third kappa shape index (κ3) is 4.81. The first-order valence-electron chi connectivity index (χ1n) is 8.15. The van der Waals surface area contributed by atoms with E-state index in [2.05, 4.69) is 0 Å². The van der Waals surface area contributed by atoms with E-state index in [0.29, 0.717) is 19.4 Å². The number of hydrogen-bond acceptors (Lipinski definition) is 5. The Labute approximate surface area is 152 Å². The lowest BCUT2D eigenvalue weighted by atomic mass is 9.98. The number of piperidine rings is 1. The maximum atomic E-state index is 12.4. The van der Waals surface area contributed by atoms with Crippen LogP contribution in [0.4, 0.5) is 0 Å². The van der Waals surface area contributed by atoms with Crippen molar-refractivity contribution in [2.75, 3.05) is 32.9 Å². The van der Waals surface area contributed by atoms with Crippen LogP contribution in [0.3, 0.4) is 0 Å². The molecule has 0 spiro atoms. The highest BCUT2D eigenvalue weighted by molar-refractivity contribution is 7.90. The molecule has 8 nitrogen and oxygen atoms in total. The van der Waals surface area contributed by atoms with Crippen LogP contribution in [-0.4, -0.2) is 74.0 Å². The molecule has 1 fully saturated rings. The van der Waals surface area contributed by atoms with Gasteiger partial charge in [0.1, 0.15) is 0 Å². The minimum Gasteiger partial charge on any atom is -0.481 e. The molecule has 1 saturated heterocycles. The summed E-state index contributed by atoms with van der Waals surface area (Å²) >= 11 is 0. The van der Waals surface area contributed by atoms with Gasteiger partial charge in [0, 0.05) is 32.0 Å². The summed E-state index contributed by atoms with van der Waals surface area (Å²) < 4.78 is 22.9. The van der Waals surface area contributed by atoms with Crippen LogP contribution in [0.15, 0.2) is 29.2 Å². The van der Waals surface area contributed by atoms with Gasteiger partial charge in [-0.25, -0.2) is 8.42 Å². The normalized spacial score (nSPS) is 17.6. The van der Waals surface area contributed by atoms with E-state index in [-0.39, 0.29) is 29.5 Å². The average molecular weight is 382 g/mol. The third-order valence-corrected chi connectivity index (χ3v) is 5.50. The van der Waals surface area contributed by atoms with Crippen LogP contribution in [-0.2, 0) is 19.4 Å². The second kappa shape index (κ2) is 7.86. The maximum absolute atomic E-state index is 12.4. The van der Waals surface area contributed by atoms with Crippen LogP contribution in [0.25, 0.3) is 0 Å². The average Bonchev–Trinajstić information content (AvgIpc) is 2.60. The molecule has 0 saturated carbocycles. The first kappa shape index (κ1) is 19.9. The van der Waals surface area contributed by atoms with Gasteiger partial charge in [0.2, 0.25) is 5.91 Å². The largest absolute Gasteiger partial charge is 0.481 e. The fraction of sp³-hybridized carbons (Fsp3) is 0.471. The number of rotatable bonds is 5. The molecule has 1 heterocycles. The number of nitrogens with zero attached hydrogens (tertiary/aromatic N) is 2. The van der Waals surface area contributed by atoms with Crippen molar-refractivity contribution in [2.24, 2.45) is 5.92 Å². The predicted octanol–water partition coefficient (Wildman–Crippen LogP) is 0.485. The number of aliphatic carboxylic acids is 1. The number of benzene rings is 1. The summed E-state index contributed by atoms with van der Waals surface area (Å²) in [6.07, 6.45) is 2.24. The topological polar surface area (TPSA) is 112 Å². The quantitative estimate of drug-likeness (QED) is 0.793. The highest BCUT2D eigenvalue weighted by Crippen LogP contribution is 2.17. The van der Waals surface area contributed by atoms with Crippen LogP contribution in [0.1, 0.15) is 23.2 Å². The van der Waals surface area contributed by atoms with Crippen molar-refractivity contribution in [1.29, 1.82) is 0 Å². The summed E-state index contributed by atoms with van der Waals surface area (Å²) in [6, 6.07) is 5.50. The lowest BCUT2D eigenvalue weighted by Crippen LogP contribution is -2.46. The number of carbonyl (C=O) groups is 3. The second-order valence-corrected chi connectivity index (χ2v) is 8.49. The van der Waals surface area contributed by atoms with Gasteiger partial charge in [-0.05, 0) is 37.1 Å². The van der Waals surface area contributed by atoms with E-state index in [1.165, 1.54) is 41.1 Å². The number of sulfone groups is 1. The van der Waals surface area contributed by atoms with Crippen LogP contribution in [0, 0.1) is 5.92 Å². The van der Waals surface area contributed by atoms with E-state index in [9.17, 15) is 22.8 Å². The smallest absolute Gasteiger partial charge is 0.308 e. The van der Waals surface area contributed by atoms with Gasteiger partial charge in [-0.15, -0.1) is 0 Å². The van der Waals surface area contributed by atoms with Gasteiger partial charge in [0.25, 0.3) is 5.91 Å². The summed E-state index contributed by atoms with van der Waals surface area (Å²) in [4.78, 5) is 38.7. The zero-order valence-electron chi connectivity index (χ0n) is 14.7. The van der Waals surface area contributed by atoms with E-state index in [1.807, 2.05) is 0 Å². The van der Waals surface area contributed by atoms with E-state index in [4.69, 9.17) is 5.11 Å². The number of carbonyl (C=O) groups excluding carboxylic acids is 2. The van der Waals surface area contributed by atoms with Crippen molar-refractivity contribution in [2.45, 2.75) is 17.7 Å². The zero-order valence-corrected chi connectivity index (χ0v) is 15.5. The molecule has 1 aromatic rings. The van der Waals surface area contributed by atoms with Gasteiger partial charge in [-0.1, -0.05) is 0 Å². The molecule has 142 valence electrons. The number of likely N-dealkylation sites (tertiary alicyclic amines) is 1. The molecule has 2 amide bonds. The van der Waals surface area contributed by atoms with Crippen LogP contribution in [0.5, 0.6) is 0 Å². The van der Waals surface area contributed by atoms with Gasteiger partial charge >= 0.3 is 5.97 Å². The zero-order chi connectivity index (χ0) is 19.5. The Morgan fingerprint density at radius 3 is 2.38 bits per heavy atom. The van der Waals surface area contributed by atoms with E-state index in [0.717, 1.165) is 6.26 Å². The summed E-state index contributed by atoms with van der Waals surface area (Å²) in [5, 5.41) is 9.09. The molecule has 1 N–H and O–H groups in total. The summed E-state index contributed by atoms with van der Waals surface area (Å²) in [6.45, 7) is 0.464. The van der Waals surface area contributed by atoms with E-state index < -0.39 is 27.6 Å². The molecule has 0 aromatic heterocycles. The lowest BCUT2D eigenvalue weighted by Gasteiger charge is -2.32. The minimum absolute atomic E-state index is 0.112. The molecule has 1 aromatic carbocycles. The summed E-state index contributed by atoms with van der Waals surface area (Å²) in [5.74, 6) is -2.21. The molecule has 0 radical (unpaired) electrons. The molecular formula is C17H22N2O6S. The molecule has 0 aliphatic carbocycles. The number of carboxylic acids is 1. The van der Waals surface area contributed by atoms with Crippen molar-refractivity contribution in [3.63, 3.8) is 0 Å². The van der Waals surface area contributed by atoms with Crippen molar-refractivity contribution in [3.05, 3.63) is 29.8 Å². The molecule has 0 bridgehead atoms. The Morgan fingerprint density at radius 2 is 1.85 bits per heavy atom. The Kier molecular flexibility index (Phi) is 6.01. The van der Waals surface area contributed by atoms with Crippen LogP contribution in [0.2, 0.25) is 0 Å². The predicted molar refractivity (Wildman–Crippen MR) is 93.5 cm³/mol. The SMILES string of the molecule is CN(CC(=O)N1CCCC(C(=O)O)C1)C(=O)c1ccc(S(C)(=O)=O)cc1. The molecule has 9 heteroatoms. The van der Waals surface area contributed by atoms with Crippen LogP contribution < -0.4 is 0 Å². The number of carboxylic acid groups (broad SMARTS) is 1. The lowest BCUT2D eigenvalue weighted by molar-refractivity contribution is -0.145. The molecule has 1 atom stereocenters. The first-order chi connectivity index (χ1) is 12.1. The Bertz CT molecular complexity index is 803. The van der Waals surface area contributed by atoms with Gasteiger partial charge in [-0.2, -0.15) is 0 Å². The number of hydrogen-bond donors (Lipinski definition) is 1. The summed E-state index contributed by atoms with van der Waals surface area (Å²) in [7, 11) is -1.87. The van der Waals surface area contributed by atoms with Gasteiger partial charge in [-0.3, -0.25) is 14.4 Å². The van der Waals surface area contributed by atoms with Crippen LogP contribution >= 0.6 is 0 Å². The first-order valence-corrected chi connectivity index (χ1v) is 10.0. The molecular weight excluding hydrogens is 360 g/mol. The maximum Gasteiger partial charge on any atom is 0.308 e. The van der Waals surface area contributed by atoms with E-state index in [1.54, 1.807) is 0 Å². The highest BCUT2D eigenvalue weighted by atomic mass is 32.2. The molecule has 26 heavy (non-hydrogen) atoms. The standard InChI is InChI=1S/C17H22N2O6S/c1-18(11-15(20)19-9-3-4-13(10-19)17(22)23)16(21)12-5-7-14(8-6-12)26(2,24)25/h5-8,13H,3-4,9-11H2,1-2H3,(H,22,23). The van der Waals surface area contributed by atoms with Crippen molar-refractivity contribution >= 4 is 27.6 Å². The molecule has 1 unspecified atom stereocenters. The van der Waals surface area contributed by atoms with Crippen molar-refractivity contribution in [1.82, 2.24) is 9.80 Å². The van der Waals surface area contributed by atoms with Gasteiger partial charge < -0.3 is 14.9 Å². The number of amides is 2. The van der Waals surface area contributed by atoms with Gasteiger partial charge in [0.05, 0.1) is 17.4 Å². The second-order valence-electron chi connectivity index (χ2n) is 6.47. The summed E-state index contributed by atoms with van der Waals surface area (Å²) in [5.41, 5.74) is 0.273. The number of likely N-dealkylation sites (N-methyl/N-ethyl adjacent to an activating group) is 1. The van der Waals surface area contributed by atoms with Gasteiger partial charge in [0.15, 0.2) is 9.84 Å². The fourth-order valence-electron chi connectivity index (χ4n) is 2.85. The molecule has 1 aliphatic rings. The molecule has 1 aliphatic heterocycles. The van der Waals surface area contributed by atoms with Crippen molar-refractivity contribution < 1.29 is 27.9 Å². The van der Waals surface area contributed by atoms with E-state index >= 15 is 0 Å². The van der Waals surface area contributed by atoms with Crippen molar-refractivity contribution in [3.8, 4) is 0 Å². The third-order valence-electron chi connectivity index (χ3n) is 4.37. The minimum atomic E-state index is -3.34. The Morgan fingerprint density at radius 1 is 1.23 bits per heavy atom. The highest BCUT2D eigenvalue weighted by Gasteiger charge is 2.29.